The minimum absolute atomic E-state index is 0.203. The Labute approximate surface area is 174 Å². The molecule has 4 rings (SSSR count). The van der Waals surface area contributed by atoms with E-state index in [9.17, 15) is 4.79 Å². The van der Waals surface area contributed by atoms with E-state index in [1.165, 1.54) is 0 Å². The maximum Gasteiger partial charge on any atom is 0.269 e. The zero-order valence-electron chi connectivity index (χ0n) is 16.1. The fraction of sp³-hybridized carbons (Fsp3) is 0.286. The number of carbonyl (C=O) groups is 1. The summed E-state index contributed by atoms with van der Waals surface area (Å²) in [5, 5.41) is 10.4. The van der Waals surface area contributed by atoms with Crippen LogP contribution in [-0.4, -0.2) is 46.9 Å². The number of hydrogen-bond acceptors (Lipinski definition) is 5. The first-order valence-electron chi connectivity index (χ1n) is 9.50. The van der Waals surface area contributed by atoms with Crippen LogP contribution in [0.15, 0.2) is 48.7 Å². The van der Waals surface area contributed by atoms with E-state index in [0.29, 0.717) is 29.6 Å². The molecule has 1 aliphatic rings. The highest BCUT2D eigenvalue weighted by Crippen LogP contribution is 2.26. The Morgan fingerprint density at radius 2 is 2.21 bits per heavy atom. The Balaban J connectivity index is 1.36. The van der Waals surface area contributed by atoms with Gasteiger partial charge < -0.3 is 15.0 Å². The number of carbonyl (C=O) groups excluding carboxylic acids is 1. The molecule has 1 saturated heterocycles. The summed E-state index contributed by atoms with van der Waals surface area (Å²) in [6.45, 7) is 4.81. The van der Waals surface area contributed by atoms with Gasteiger partial charge in [-0.1, -0.05) is 35.9 Å². The molecule has 8 heteroatoms. The molecule has 7 nitrogen and oxygen atoms in total. The molecule has 2 N–H and O–H groups in total. The van der Waals surface area contributed by atoms with Crippen molar-refractivity contribution >= 4 is 23.3 Å². The molecule has 2 aromatic heterocycles. The van der Waals surface area contributed by atoms with Gasteiger partial charge in [-0.15, -0.1) is 0 Å². The molecule has 1 atom stereocenters. The number of aromatic nitrogens is 3. The first kappa shape index (κ1) is 19.4. The second-order valence-corrected chi connectivity index (χ2v) is 7.39. The molecule has 1 fully saturated rings. The maximum absolute atomic E-state index is 12.4. The van der Waals surface area contributed by atoms with Gasteiger partial charge in [0, 0.05) is 31.4 Å². The van der Waals surface area contributed by atoms with Crippen LogP contribution in [0.1, 0.15) is 23.0 Å². The summed E-state index contributed by atoms with van der Waals surface area (Å²) >= 11 is 6.19. The van der Waals surface area contributed by atoms with Crippen molar-refractivity contribution in [2.24, 2.45) is 0 Å². The first-order valence-corrected chi connectivity index (χ1v) is 9.88. The number of morpholine rings is 1. The second-order valence-electron chi connectivity index (χ2n) is 6.98. The van der Waals surface area contributed by atoms with E-state index in [2.05, 4.69) is 32.3 Å². The van der Waals surface area contributed by atoms with Crippen molar-refractivity contribution in [1.82, 2.24) is 20.5 Å². The number of benzene rings is 1. The van der Waals surface area contributed by atoms with Gasteiger partial charge >= 0.3 is 0 Å². The third kappa shape index (κ3) is 4.58. The number of ether oxygens (including phenoxy) is 1. The second kappa shape index (κ2) is 8.63. The summed E-state index contributed by atoms with van der Waals surface area (Å²) in [5.74, 6) is 0.690. The van der Waals surface area contributed by atoms with Crippen LogP contribution >= 0.6 is 11.6 Å². The fourth-order valence-electron chi connectivity index (χ4n) is 3.26. The molecule has 3 aromatic rings. The van der Waals surface area contributed by atoms with Gasteiger partial charge in [0.05, 0.1) is 23.4 Å². The van der Waals surface area contributed by atoms with Gasteiger partial charge in [-0.05, 0) is 30.7 Å². The first-order chi connectivity index (χ1) is 14.1. The molecule has 3 heterocycles. The predicted octanol–water partition coefficient (Wildman–Crippen LogP) is 3.28. The molecule has 0 saturated carbocycles. The monoisotopic (exact) mass is 411 g/mol. The molecule has 0 spiro atoms. The normalized spacial score (nSPS) is 16.6. The number of amides is 1. The molecule has 1 unspecified atom stereocenters. The lowest BCUT2D eigenvalue weighted by Gasteiger charge is -2.32. The van der Waals surface area contributed by atoms with Crippen molar-refractivity contribution in [2.45, 2.75) is 19.6 Å². The van der Waals surface area contributed by atoms with Crippen molar-refractivity contribution < 1.29 is 9.53 Å². The largest absolute Gasteiger partial charge is 0.375 e. The lowest BCUT2D eigenvalue weighted by atomic mass is 10.1. The Morgan fingerprint density at radius 1 is 1.34 bits per heavy atom. The van der Waals surface area contributed by atoms with Crippen LogP contribution in [0.5, 0.6) is 0 Å². The van der Waals surface area contributed by atoms with Gasteiger partial charge in [0.2, 0.25) is 0 Å². The van der Waals surface area contributed by atoms with E-state index in [0.717, 1.165) is 30.0 Å². The summed E-state index contributed by atoms with van der Waals surface area (Å²) in [7, 11) is 0. The number of nitrogens with zero attached hydrogens (tertiary/aromatic N) is 3. The van der Waals surface area contributed by atoms with Gasteiger partial charge in [0.1, 0.15) is 11.5 Å². The van der Waals surface area contributed by atoms with Crippen LogP contribution in [0.25, 0.3) is 11.3 Å². The number of halogens is 1. The average Bonchev–Trinajstić information content (AvgIpc) is 3.23. The van der Waals surface area contributed by atoms with Crippen LogP contribution < -0.4 is 10.2 Å². The molecule has 150 valence electrons. The van der Waals surface area contributed by atoms with E-state index in [1.54, 1.807) is 18.3 Å². The molecular weight excluding hydrogens is 390 g/mol. The third-order valence-corrected chi connectivity index (χ3v) is 5.13. The average molecular weight is 412 g/mol. The van der Waals surface area contributed by atoms with Gasteiger partial charge in [-0.3, -0.25) is 9.89 Å². The highest BCUT2D eigenvalue weighted by Gasteiger charge is 2.18. The number of pyridine rings is 1. The summed E-state index contributed by atoms with van der Waals surface area (Å²) in [5.41, 5.74) is 2.72. The number of aromatic amines is 1. The van der Waals surface area contributed by atoms with Crippen molar-refractivity contribution in [3.63, 3.8) is 0 Å². The van der Waals surface area contributed by atoms with Crippen LogP contribution in [0.2, 0.25) is 5.02 Å². The number of H-pyrrole nitrogens is 1. The maximum atomic E-state index is 12.4. The van der Waals surface area contributed by atoms with Crippen LogP contribution in [-0.2, 0) is 11.3 Å². The van der Waals surface area contributed by atoms with Gasteiger partial charge in [-0.25, -0.2) is 4.98 Å². The smallest absolute Gasteiger partial charge is 0.269 e. The molecule has 1 aromatic carbocycles. The Hall–Kier alpha value is -2.90. The van der Waals surface area contributed by atoms with E-state index in [1.807, 2.05) is 30.3 Å². The van der Waals surface area contributed by atoms with E-state index in [4.69, 9.17) is 16.3 Å². The zero-order chi connectivity index (χ0) is 20.2. The standard InChI is InChI=1S/C21H22ClN5O2/c1-14-13-27(8-9-29-14)20-7-6-15(11-23-20)12-24-21(28)19-10-18(25-26-19)16-4-2-3-5-17(16)22/h2-7,10-11,14H,8-9,12-13H2,1H3,(H,24,28)(H,25,26). The van der Waals surface area contributed by atoms with Crippen molar-refractivity contribution in [3.05, 3.63) is 64.9 Å². The number of anilines is 1. The molecule has 0 radical (unpaired) electrons. The Kier molecular flexibility index (Phi) is 5.78. The fourth-order valence-corrected chi connectivity index (χ4v) is 3.49. The summed E-state index contributed by atoms with van der Waals surface area (Å²) in [6.07, 6.45) is 1.99. The van der Waals surface area contributed by atoms with E-state index >= 15 is 0 Å². The van der Waals surface area contributed by atoms with Crippen molar-refractivity contribution in [2.75, 3.05) is 24.6 Å². The highest BCUT2D eigenvalue weighted by molar-refractivity contribution is 6.33. The molecule has 0 aliphatic carbocycles. The minimum atomic E-state index is -0.234. The lowest BCUT2D eigenvalue weighted by Crippen LogP contribution is -2.41. The minimum Gasteiger partial charge on any atom is -0.375 e. The summed E-state index contributed by atoms with van der Waals surface area (Å²) < 4.78 is 5.56. The summed E-state index contributed by atoms with van der Waals surface area (Å²) in [6, 6.07) is 13.0. The van der Waals surface area contributed by atoms with Crippen LogP contribution in [0.3, 0.4) is 0 Å². The number of rotatable bonds is 5. The van der Waals surface area contributed by atoms with E-state index < -0.39 is 0 Å². The van der Waals surface area contributed by atoms with Crippen molar-refractivity contribution in [1.29, 1.82) is 0 Å². The molecule has 1 aliphatic heterocycles. The third-order valence-electron chi connectivity index (χ3n) is 4.80. The Morgan fingerprint density at radius 3 is 2.97 bits per heavy atom. The van der Waals surface area contributed by atoms with Gasteiger partial charge in [-0.2, -0.15) is 5.10 Å². The SMILES string of the molecule is CC1CN(c2ccc(CNC(=O)c3cc(-c4ccccc4Cl)n[nH]3)cn2)CCO1. The van der Waals surface area contributed by atoms with Crippen LogP contribution in [0.4, 0.5) is 5.82 Å². The van der Waals surface area contributed by atoms with Gasteiger partial charge in [0.15, 0.2) is 0 Å². The number of nitrogens with one attached hydrogen (secondary N) is 2. The van der Waals surface area contributed by atoms with Gasteiger partial charge in [0.25, 0.3) is 5.91 Å². The van der Waals surface area contributed by atoms with Crippen LogP contribution in [0, 0.1) is 0 Å². The van der Waals surface area contributed by atoms with Crippen molar-refractivity contribution in [3.8, 4) is 11.3 Å². The molecule has 29 heavy (non-hydrogen) atoms. The number of hydrogen-bond donors (Lipinski definition) is 2. The lowest BCUT2D eigenvalue weighted by molar-refractivity contribution is 0.0529. The highest BCUT2D eigenvalue weighted by atomic mass is 35.5. The Bertz CT molecular complexity index is 989. The van der Waals surface area contributed by atoms with E-state index in [-0.39, 0.29) is 12.0 Å². The topological polar surface area (TPSA) is 83.1 Å². The quantitative estimate of drug-likeness (QED) is 0.673. The molecule has 1 amide bonds. The zero-order valence-corrected chi connectivity index (χ0v) is 16.8. The molecule has 0 bridgehead atoms. The molecular formula is C21H22ClN5O2. The summed E-state index contributed by atoms with van der Waals surface area (Å²) in [4.78, 5) is 19.2. The predicted molar refractivity (Wildman–Crippen MR) is 112 cm³/mol.